The van der Waals surface area contributed by atoms with E-state index in [1.165, 1.54) is 12.1 Å². The average Bonchev–Trinajstić information content (AvgIpc) is 3.43. The largest absolute Gasteiger partial charge is 0.474 e. The fraction of sp³-hybridized carbons (Fsp3) is 0.318. The van der Waals surface area contributed by atoms with Crippen LogP contribution in [0.25, 0.3) is 5.69 Å². The Labute approximate surface area is 181 Å². The first-order valence-corrected chi connectivity index (χ1v) is 10.1. The monoisotopic (exact) mass is 448 g/mol. The highest BCUT2D eigenvalue weighted by Gasteiger charge is 2.41. The lowest BCUT2D eigenvalue weighted by Crippen LogP contribution is -2.27. The molecule has 10 heteroatoms. The first-order valence-electron chi connectivity index (χ1n) is 10.1. The first kappa shape index (κ1) is 21.8. The Hall–Kier alpha value is -3.43. The summed E-state index contributed by atoms with van der Waals surface area (Å²) in [5, 5.41) is 6.10. The van der Waals surface area contributed by atoms with Crippen LogP contribution in [-0.4, -0.2) is 26.8 Å². The zero-order chi connectivity index (χ0) is 22.7. The summed E-state index contributed by atoms with van der Waals surface area (Å²) in [6.07, 6.45) is 1.39. The van der Waals surface area contributed by atoms with Crippen LogP contribution < -0.4 is 10.1 Å². The summed E-state index contributed by atoms with van der Waals surface area (Å²) >= 11 is 0. The molecule has 1 N–H and O–H groups in total. The van der Waals surface area contributed by atoms with Gasteiger partial charge in [0.15, 0.2) is 5.69 Å². The Morgan fingerprint density at radius 2 is 1.91 bits per heavy atom. The van der Waals surface area contributed by atoms with Gasteiger partial charge in [0.1, 0.15) is 17.6 Å². The molecule has 32 heavy (non-hydrogen) atoms. The van der Waals surface area contributed by atoms with Crippen molar-refractivity contribution in [2.45, 2.75) is 44.5 Å². The summed E-state index contributed by atoms with van der Waals surface area (Å²) in [5.41, 5.74) is -1.92. The minimum atomic E-state index is -4.93. The quantitative estimate of drug-likeness (QED) is 0.556. The van der Waals surface area contributed by atoms with Gasteiger partial charge in [-0.25, -0.2) is 14.1 Å². The first-order chi connectivity index (χ1) is 15.3. The van der Waals surface area contributed by atoms with Crippen molar-refractivity contribution < 1.29 is 27.1 Å². The Bertz CT molecular complexity index is 1110. The number of hydrogen-bond acceptors (Lipinski definition) is 4. The van der Waals surface area contributed by atoms with Crippen molar-refractivity contribution in [2.24, 2.45) is 0 Å². The number of halogens is 4. The molecule has 1 aromatic carbocycles. The third-order valence-electron chi connectivity index (χ3n) is 5.23. The van der Waals surface area contributed by atoms with Crippen molar-refractivity contribution in [2.75, 3.05) is 0 Å². The van der Waals surface area contributed by atoms with Gasteiger partial charge in [-0.15, -0.1) is 0 Å². The van der Waals surface area contributed by atoms with Crippen molar-refractivity contribution in [3.8, 4) is 11.6 Å². The summed E-state index contributed by atoms with van der Waals surface area (Å²) in [6.45, 7) is -0.0864. The van der Waals surface area contributed by atoms with Crippen LogP contribution in [-0.2, 0) is 12.7 Å². The zero-order valence-corrected chi connectivity index (χ0v) is 16.9. The number of rotatable bonds is 6. The molecule has 168 valence electrons. The number of pyridine rings is 1. The number of nitrogens with one attached hydrogen (secondary N) is 1. The van der Waals surface area contributed by atoms with Gasteiger partial charge in [-0.05, 0) is 43.9 Å². The predicted octanol–water partition coefficient (Wildman–Crippen LogP) is 4.68. The van der Waals surface area contributed by atoms with E-state index in [1.807, 2.05) is 0 Å². The predicted molar refractivity (Wildman–Crippen MR) is 107 cm³/mol. The molecule has 1 saturated carbocycles. The lowest BCUT2D eigenvalue weighted by Gasteiger charge is -2.16. The van der Waals surface area contributed by atoms with E-state index in [4.69, 9.17) is 4.74 Å². The maximum atomic E-state index is 14.1. The van der Waals surface area contributed by atoms with Crippen molar-refractivity contribution in [1.29, 1.82) is 0 Å². The van der Waals surface area contributed by atoms with E-state index in [0.717, 1.165) is 44.0 Å². The molecule has 0 radical (unpaired) electrons. The van der Waals surface area contributed by atoms with Gasteiger partial charge >= 0.3 is 6.18 Å². The number of para-hydroxylation sites is 1. The second-order valence-corrected chi connectivity index (χ2v) is 7.44. The van der Waals surface area contributed by atoms with Gasteiger partial charge in [-0.3, -0.25) is 4.79 Å². The van der Waals surface area contributed by atoms with Crippen LogP contribution in [0.4, 0.5) is 17.6 Å². The smallest absolute Gasteiger partial charge is 0.434 e. The number of carbonyl (C=O) groups excluding carboxylic acids is 1. The van der Waals surface area contributed by atoms with Gasteiger partial charge in [0.05, 0.1) is 11.8 Å². The highest BCUT2D eigenvalue weighted by atomic mass is 19.4. The molecule has 2 heterocycles. The second-order valence-electron chi connectivity index (χ2n) is 7.44. The molecule has 0 unspecified atom stereocenters. The van der Waals surface area contributed by atoms with Crippen LogP contribution in [0.5, 0.6) is 5.88 Å². The molecule has 0 saturated heterocycles. The number of amides is 1. The Morgan fingerprint density at radius 3 is 2.62 bits per heavy atom. The van der Waals surface area contributed by atoms with Gasteiger partial charge in [-0.2, -0.15) is 18.3 Å². The molecule has 0 bridgehead atoms. The summed E-state index contributed by atoms with van der Waals surface area (Å²) in [4.78, 5) is 16.8. The van der Waals surface area contributed by atoms with Gasteiger partial charge in [0.25, 0.3) is 5.91 Å². The minimum absolute atomic E-state index is 0.0372. The third-order valence-corrected chi connectivity index (χ3v) is 5.23. The molecule has 0 atom stereocenters. The van der Waals surface area contributed by atoms with E-state index in [1.54, 1.807) is 18.3 Å². The molecule has 6 nitrogen and oxygen atoms in total. The normalized spacial score (nSPS) is 14.5. The maximum absolute atomic E-state index is 14.1. The minimum Gasteiger partial charge on any atom is -0.474 e. The Kier molecular flexibility index (Phi) is 6.11. The number of hydrogen-bond donors (Lipinski definition) is 1. The van der Waals surface area contributed by atoms with Crippen LogP contribution in [0.1, 0.15) is 47.3 Å². The number of nitrogens with zero attached hydrogens (tertiary/aromatic N) is 3. The van der Waals surface area contributed by atoms with E-state index < -0.39 is 34.8 Å². The van der Waals surface area contributed by atoms with Crippen LogP contribution in [0.2, 0.25) is 0 Å². The Balaban J connectivity index is 1.57. The van der Waals surface area contributed by atoms with Crippen LogP contribution >= 0.6 is 0 Å². The number of carbonyl (C=O) groups is 1. The molecule has 1 aliphatic carbocycles. The lowest BCUT2D eigenvalue weighted by molar-refractivity contribution is -0.143. The molecule has 2 aromatic heterocycles. The Morgan fingerprint density at radius 1 is 1.16 bits per heavy atom. The van der Waals surface area contributed by atoms with Gasteiger partial charge in [-0.1, -0.05) is 18.2 Å². The second kappa shape index (κ2) is 8.97. The van der Waals surface area contributed by atoms with E-state index in [2.05, 4.69) is 15.4 Å². The van der Waals surface area contributed by atoms with Crippen LogP contribution in [0, 0.1) is 5.82 Å². The number of ether oxygens (including phenoxy) is 1. The van der Waals surface area contributed by atoms with Crippen molar-refractivity contribution in [1.82, 2.24) is 20.1 Å². The SMILES string of the molecule is O=C(NCc1cccnc1OC1CCCC1)c1cnn(-c2ccccc2F)c1C(F)(F)F. The average molecular weight is 448 g/mol. The number of benzene rings is 1. The molecular weight excluding hydrogens is 428 g/mol. The summed E-state index contributed by atoms with van der Waals surface area (Å²) in [6, 6.07) is 8.24. The van der Waals surface area contributed by atoms with Gasteiger partial charge in [0, 0.05) is 18.3 Å². The van der Waals surface area contributed by atoms with Crippen molar-refractivity contribution in [3.63, 3.8) is 0 Å². The summed E-state index contributed by atoms with van der Waals surface area (Å²) in [5.74, 6) is -1.54. The highest BCUT2D eigenvalue weighted by Crippen LogP contribution is 2.34. The lowest BCUT2D eigenvalue weighted by atomic mass is 10.2. The van der Waals surface area contributed by atoms with Crippen molar-refractivity contribution in [3.05, 3.63) is 71.4 Å². The third kappa shape index (κ3) is 4.58. The molecule has 0 spiro atoms. The molecular formula is C22H20F4N4O2. The molecule has 0 aliphatic heterocycles. The van der Waals surface area contributed by atoms with E-state index >= 15 is 0 Å². The summed E-state index contributed by atoms with van der Waals surface area (Å²) in [7, 11) is 0. The number of aromatic nitrogens is 3. The van der Waals surface area contributed by atoms with Gasteiger partial charge < -0.3 is 10.1 Å². The van der Waals surface area contributed by atoms with Crippen LogP contribution in [0.3, 0.4) is 0 Å². The fourth-order valence-corrected chi connectivity index (χ4v) is 3.69. The van der Waals surface area contributed by atoms with Crippen molar-refractivity contribution >= 4 is 5.91 Å². The zero-order valence-electron chi connectivity index (χ0n) is 16.9. The maximum Gasteiger partial charge on any atom is 0.434 e. The summed E-state index contributed by atoms with van der Waals surface area (Å²) < 4.78 is 61.7. The highest BCUT2D eigenvalue weighted by molar-refractivity contribution is 5.95. The molecule has 3 aromatic rings. The van der Waals surface area contributed by atoms with Gasteiger partial charge in [0.2, 0.25) is 5.88 Å². The molecule has 1 aliphatic rings. The molecule has 1 amide bonds. The standard InChI is InChI=1S/C22H20F4N4O2/c23-17-9-3-4-10-18(17)30-19(22(24,25)26)16(13-29-30)20(31)28-12-14-6-5-11-27-21(14)32-15-7-1-2-8-15/h3-6,9-11,13,15H,1-2,7-8,12H2,(H,28,31). The number of alkyl halides is 3. The van der Waals surface area contributed by atoms with E-state index in [9.17, 15) is 22.4 Å². The van der Waals surface area contributed by atoms with E-state index in [0.29, 0.717) is 16.1 Å². The molecule has 4 rings (SSSR count). The topological polar surface area (TPSA) is 69.0 Å². The molecule has 1 fully saturated rings. The van der Waals surface area contributed by atoms with E-state index in [-0.39, 0.29) is 12.6 Å². The van der Waals surface area contributed by atoms with Crippen LogP contribution in [0.15, 0.2) is 48.8 Å². The fourth-order valence-electron chi connectivity index (χ4n) is 3.69.